The van der Waals surface area contributed by atoms with Crippen molar-refractivity contribution in [1.82, 2.24) is 10.2 Å². The second-order valence-electron chi connectivity index (χ2n) is 5.99. The minimum atomic E-state index is -3.28. The average Bonchev–Trinajstić information content (AvgIpc) is 2.67. The summed E-state index contributed by atoms with van der Waals surface area (Å²) < 4.78 is 23.6. The van der Waals surface area contributed by atoms with Gasteiger partial charge in [-0.3, -0.25) is 4.79 Å². The first-order valence-electron chi connectivity index (χ1n) is 7.10. The van der Waals surface area contributed by atoms with Gasteiger partial charge in [0.05, 0.1) is 5.25 Å². The van der Waals surface area contributed by atoms with Gasteiger partial charge in [-0.15, -0.1) is 12.4 Å². The number of sulfone groups is 1. The molecule has 2 saturated heterocycles. The fraction of sp³-hybridized carbons (Fsp3) is 0.923. The highest BCUT2D eigenvalue weighted by Gasteiger charge is 2.32. The van der Waals surface area contributed by atoms with Crippen LogP contribution in [-0.4, -0.2) is 56.4 Å². The van der Waals surface area contributed by atoms with Crippen LogP contribution in [0.4, 0.5) is 0 Å². The predicted molar refractivity (Wildman–Crippen MR) is 81.8 cm³/mol. The van der Waals surface area contributed by atoms with Gasteiger partial charge in [-0.1, -0.05) is 0 Å². The molecule has 0 aliphatic carbocycles. The summed E-state index contributed by atoms with van der Waals surface area (Å²) in [5.74, 6) is 0.749. The molecule has 2 rings (SSSR count). The van der Waals surface area contributed by atoms with Crippen molar-refractivity contribution in [2.24, 2.45) is 11.8 Å². The van der Waals surface area contributed by atoms with Crippen LogP contribution < -0.4 is 5.32 Å². The number of nitrogens with one attached hydrogen (secondary N) is 1. The molecule has 0 radical (unpaired) electrons. The number of amides is 1. The van der Waals surface area contributed by atoms with Crippen molar-refractivity contribution in [3.05, 3.63) is 0 Å². The molecule has 1 amide bonds. The normalized spacial score (nSPS) is 26.9. The van der Waals surface area contributed by atoms with Gasteiger partial charge in [0.15, 0.2) is 9.84 Å². The summed E-state index contributed by atoms with van der Waals surface area (Å²) in [6.45, 7) is 6.74. The molecule has 1 N–H and O–H groups in total. The van der Waals surface area contributed by atoms with Crippen molar-refractivity contribution in [2.45, 2.75) is 31.9 Å². The molecule has 20 heavy (non-hydrogen) atoms. The Balaban J connectivity index is 0.00000200. The lowest BCUT2D eigenvalue weighted by Crippen LogP contribution is -2.38. The molecule has 0 bridgehead atoms. The lowest BCUT2D eigenvalue weighted by molar-refractivity contribution is -0.128. The maximum absolute atomic E-state index is 12.1. The number of carbonyl (C=O) groups is 1. The van der Waals surface area contributed by atoms with Crippen LogP contribution in [0, 0.1) is 11.8 Å². The van der Waals surface area contributed by atoms with Crippen molar-refractivity contribution in [1.29, 1.82) is 0 Å². The van der Waals surface area contributed by atoms with Gasteiger partial charge < -0.3 is 10.2 Å². The van der Waals surface area contributed by atoms with Gasteiger partial charge in [-0.25, -0.2) is 8.42 Å². The van der Waals surface area contributed by atoms with E-state index in [2.05, 4.69) is 5.32 Å². The molecule has 0 aromatic carbocycles. The van der Waals surface area contributed by atoms with E-state index < -0.39 is 15.1 Å². The molecule has 0 aromatic heterocycles. The van der Waals surface area contributed by atoms with Crippen molar-refractivity contribution in [3.8, 4) is 0 Å². The van der Waals surface area contributed by atoms with Crippen LogP contribution in [-0.2, 0) is 14.6 Å². The average molecular weight is 325 g/mol. The zero-order chi connectivity index (χ0) is 14.0. The molecular weight excluding hydrogens is 300 g/mol. The molecule has 0 aromatic rings. The van der Waals surface area contributed by atoms with Gasteiger partial charge >= 0.3 is 0 Å². The van der Waals surface area contributed by atoms with Gasteiger partial charge in [-0.05, 0) is 51.6 Å². The predicted octanol–water partition coefficient (Wildman–Crippen LogP) is 0.689. The van der Waals surface area contributed by atoms with Crippen LogP contribution in [0.3, 0.4) is 0 Å². The Morgan fingerprint density at radius 3 is 2.15 bits per heavy atom. The molecule has 0 spiro atoms. The zero-order valence-electron chi connectivity index (χ0n) is 12.2. The van der Waals surface area contributed by atoms with Crippen LogP contribution in [0.25, 0.3) is 0 Å². The molecule has 2 atom stereocenters. The first-order chi connectivity index (χ1) is 8.90. The summed E-state index contributed by atoms with van der Waals surface area (Å²) in [4.78, 5) is 13.9. The molecule has 0 saturated carbocycles. The largest absolute Gasteiger partial charge is 0.342 e. The Bertz CT molecular complexity index is 425. The van der Waals surface area contributed by atoms with E-state index in [0.29, 0.717) is 24.9 Å². The third-order valence-corrected chi connectivity index (χ3v) is 6.50. The van der Waals surface area contributed by atoms with Gasteiger partial charge in [0.2, 0.25) is 5.91 Å². The van der Waals surface area contributed by atoms with Crippen LogP contribution >= 0.6 is 12.4 Å². The van der Waals surface area contributed by atoms with Crippen molar-refractivity contribution in [2.75, 3.05) is 31.9 Å². The van der Waals surface area contributed by atoms with Crippen LogP contribution in [0.2, 0.25) is 0 Å². The van der Waals surface area contributed by atoms with E-state index in [4.69, 9.17) is 0 Å². The molecule has 2 heterocycles. The molecule has 2 aliphatic rings. The third kappa shape index (κ3) is 4.09. The minimum absolute atomic E-state index is 0. The minimum Gasteiger partial charge on any atom is -0.342 e. The van der Waals surface area contributed by atoms with E-state index in [1.54, 1.807) is 18.7 Å². The molecule has 118 valence electrons. The van der Waals surface area contributed by atoms with E-state index in [-0.39, 0.29) is 24.1 Å². The second kappa shape index (κ2) is 7.09. The Morgan fingerprint density at radius 2 is 1.70 bits per heavy atom. The quantitative estimate of drug-likeness (QED) is 0.829. The summed E-state index contributed by atoms with van der Waals surface area (Å²) >= 11 is 0. The van der Waals surface area contributed by atoms with E-state index in [0.717, 1.165) is 25.9 Å². The maximum Gasteiger partial charge on any atom is 0.237 e. The Morgan fingerprint density at radius 1 is 1.20 bits per heavy atom. The van der Waals surface area contributed by atoms with E-state index in [1.165, 1.54) is 0 Å². The van der Waals surface area contributed by atoms with Crippen molar-refractivity contribution in [3.63, 3.8) is 0 Å². The number of halogens is 1. The van der Waals surface area contributed by atoms with Crippen LogP contribution in [0.15, 0.2) is 0 Å². The van der Waals surface area contributed by atoms with E-state index in [9.17, 15) is 13.2 Å². The molecule has 2 aliphatic heterocycles. The summed E-state index contributed by atoms with van der Waals surface area (Å²) in [5, 5.41) is 2.91. The Kier molecular flexibility index (Phi) is 6.28. The van der Waals surface area contributed by atoms with Crippen LogP contribution in [0.1, 0.15) is 26.7 Å². The van der Waals surface area contributed by atoms with E-state index >= 15 is 0 Å². The zero-order valence-corrected chi connectivity index (χ0v) is 13.8. The van der Waals surface area contributed by atoms with Gasteiger partial charge in [0.25, 0.3) is 0 Å². The van der Waals surface area contributed by atoms with Crippen molar-refractivity contribution < 1.29 is 13.2 Å². The topological polar surface area (TPSA) is 66.5 Å². The molecule has 7 heteroatoms. The highest BCUT2D eigenvalue weighted by Crippen LogP contribution is 2.27. The molecule has 5 nitrogen and oxygen atoms in total. The fourth-order valence-corrected chi connectivity index (χ4v) is 3.76. The maximum atomic E-state index is 12.1. The number of fused-ring (bicyclic) bond motifs is 1. The lowest BCUT2D eigenvalue weighted by atomic mass is 9.92. The van der Waals surface area contributed by atoms with Crippen LogP contribution in [0.5, 0.6) is 0 Å². The number of rotatable bonds is 3. The summed E-state index contributed by atoms with van der Waals surface area (Å²) in [6.07, 6.45) is 1.98. The van der Waals surface area contributed by atoms with Crippen molar-refractivity contribution >= 4 is 28.2 Å². The number of nitrogens with zero attached hydrogens (tertiary/aromatic N) is 1. The first-order valence-corrected chi connectivity index (χ1v) is 8.82. The summed E-state index contributed by atoms with van der Waals surface area (Å²) in [6, 6.07) is 0. The molecular formula is C13H25ClN2O3S. The van der Waals surface area contributed by atoms with Gasteiger partial charge in [0.1, 0.15) is 5.75 Å². The summed E-state index contributed by atoms with van der Waals surface area (Å²) in [7, 11) is -3.28. The third-order valence-electron chi connectivity index (χ3n) is 4.41. The SMILES string of the molecule is CC(C)S(=O)(=O)CC(=O)N1CC[C@@H]2CNC[C@@H]2CC1.Cl. The first kappa shape index (κ1) is 17.7. The van der Waals surface area contributed by atoms with Gasteiger partial charge in [-0.2, -0.15) is 0 Å². The number of hydrogen-bond acceptors (Lipinski definition) is 4. The highest BCUT2D eigenvalue weighted by atomic mass is 35.5. The number of hydrogen-bond donors (Lipinski definition) is 1. The Hall–Kier alpha value is -0.330. The number of likely N-dealkylation sites (tertiary alicyclic amines) is 1. The molecule has 0 unspecified atom stereocenters. The summed E-state index contributed by atoms with van der Waals surface area (Å²) in [5.41, 5.74) is 0. The van der Waals surface area contributed by atoms with Gasteiger partial charge in [0, 0.05) is 13.1 Å². The van der Waals surface area contributed by atoms with E-state index in [1.807, 2.05) is 0 Å². The fourth-order valence-electron chi connectivity index (χ4n) is 2.90. The highest BCUT2D eigenvalue weighted by molar-refractivity contribution is 7.92. The monoisotopic (exact) mass is 324 g/mol. The second-order valence-corrected chi connectivity index (χ2v) is 8.55. The standard InChI is InChI=1S/C13H24N2O3S.ClH/c1-10(2)19(17,18)9-13(16)15-5-3-11-7-14-8-12(11)4-6-15;/h10-12,14H,3-9H2,1-2H3;1H/t11-,12+;. The smallest absolute Gasteiger partial charge is 0.237 e. The molecule has 2 fully saturated rings. The number of carbonyl (C=O) groups excluding carboxylic acids is 1. The lowest BCUT2D eigenvalue weighted by Gasteiger charge is -2.21. The Labute approximate surface area is 127 Å².